The molecule has 1 N–H and O–H groups in total. The van der Waals surface area contributed by atoms with E-state index >= 15 is 0 Å². The third-order valence-electron chi connectivity index (χ3n) is 4.39. The standard InChI is InChI=1S/C19H23N/c1-15-12-18(13-15)20-14-19(16-8-4-2-5-9-16)17-10-6-3-7-11-17/h2-11,15,18-20H,12-14H2,1H3. The number of hydrogen-bond donors (Lipinski definition) is 1. The van der Waals surface area contributed by atoms with Crippen LogP contribution in [-0.2, 0) is 0 Å². The second-order valence-corrected chi connectivity index (χ2v) is 6.06. The normalized spacial score (nSPS) is 21.7. The van der Waals surface area contributed by atoms with E-state index in [0.29, 0.717) is 5.92 Å². The molecule has 1 heteroatoms. The summed E-state index contributed by atoms with van der Waals surface area (Å²) in [6.45, 7) is 3.37. The van der Waals surface area contributed by atoms with Gasteiger partial charge in [0.2, 0.25) is 0 Å². The minimum absolute atomic E-state index is 0.452. The number of hydrogen-bond acceptors (Lipinski definition) is 1. The predicted molar refractivity (Wildman–Crippen MR) is 84.9 cm³/mol. The molecule has 0 radical (unpaired) electrons. The van der Waals surface area contributed by atoms with Crippen LogP contribution in [-0.4, -0.2) is 12.6 Å². The van der Waals surface area contributed by atoms with Crippen LogP contribution in [0.4, 0.5) is 0 Å². The van der Waals surface area contributed by atoms with Crippen LogP contribution in [0.2, 0.25) is 0 Å². The van der Waals surface area contributed by atoms with E-state index in [1.165, 1.54) is 24.0 Å². The van der Waals surface area contributed by atoms with Crippen LogP contribution in [0.5, 0.6) is 0 Å². The summed E-state index contributed by atoms with van der Waals surface area (Å²) in [5, 5.41) is 3.75. The van der Waals surface area contributed by atoms with Gasteiger partial charge in [0.1, 0.15) is 0 Å². The Morgan fingerprint density at radius 2 is 1.40 bits per heavy atom. The van der Waals surface area contributed by atoms with Gasteiger partial charge in [0.25, 0.3) is 0 Å². The van der Waals surface area contributed by atoms with Crippen LogP contribution >= 0.6 is 0 Å². The largest absolute Gasteiger partial charge is 0.313 e. The van der Waals surface area contributed by atoms with Gasteiger partial charge in [-0.2, -0.15) is 0 Å². The van der Waals surface area contributed by atoms with Crippen LogP contribution < -0.4 is 5.32 Å². The van der Waals surface area contributed by atoms with Gasteiger partial charge in [0.15, 0.2) is 0 Å². The van der Waals surface area contributed by atoms with Gasteiger partial charge < -0.3 is 5.32 Å². The van der Waals surface area contributed by atoms with E-state index in [4.69, 9.17) is 0 Å². The highest BCUT2D eigenvalue weighted by Gasteiger charge is 2.25. The van der Waals surface area contributed by atoms with Gasteiger partial charge in [-0.25, -0.2) is 0 Å². The summed E-state index contributed by atoms with van der Waals surface area (Å²) >= 11 is 0. The van der Waals surface area contributed by atoms with Crippen molar-refractivity contribution in [3.63, 3.8) is 0 Å². The van der Waals surface area contributed by atoms with Crippen molar-refractivity contribution in [3.8, 4) is 0 Å². The maximum atomic E-state index is 3.75. The van der Waals surface area contributed by atoms with E-state index in [9.17, 15) is 0 Å². The molecule has 0 saturated heterocycles. The van der Waals surface area contributed by atoms with Crippen molar-refractivity contribution in [3.05, 3.63) is 71.8 Å². The zero-order valence-corrected chi connectivity index (χ0v) is 12.1. The Bertz CT molecular complexity index is 474. The zero-order valence-electron chi connectivity index (χ0n) is 12.1. The van der Waals surface area contributed by atoms with E-state index in [-0.39, 0.29) is 0 Å². The minimum atomic E-state index is 0.452. The molecule has 0 atom stereocenters. The molecule has 2 aromatic rings. The summed E-state index contributed by atoms with van der Waals surface area (Å²) < 4.78 is 0. The molecule has 0 bridgehead atoms. The average molecular weight is 265 g/mol. The highest BCUT2D eigenvalue weighted by Crippen LogP contribution is 2.28. The molecule has 0 unspecified atom stereocenters. The van der Waals surface area contributed by atoms with Gasteiger partial charge in [-0.05, 0) is 29.9 Å². The second-order valence-electron chi connectivity index (χ2n) is 6.06. The molecular weight excluding hydrogens is 242 g/mol. The molecule has 1 aliphatic carbocycles. The van der Waals surface area contributed by atoms with E-state index in [1.54, 1.807) is 0 Å². The van der Waals surface area contributed by atoms with Crippen LogP contribution in [0, 0.1) is 5.92 Å². The average Bonchev–Trinajstić information content (AvgIpc) is 2.48. The van der Waals surface area contributed by atoms with E-state index < -0.39 is 0 Å². The Morgan fingerprint density at radius 3 is 1.85 bits per heavy atom. The first-order valence-corrected chi connectivity index (χ1v) is 7.66. The molecule has 0 aromatic heterocycles. The topological polar surface area (TPSA) is 12.0 Å². The summed E-state index contributed by atoms with van der Waals surface area (Å²) in [5.74, 6) is 1.35. The summed E-state index contributed by atoms with van der Waals surface area (Å²) in [4.78, 5) is 0. The molecule has 1 fully saturated rings. The second kappa shape index (κ2) is 6.23. The molecule has 0 heterocycles. The Labute approximate surface area is 122 Å². The molecule has 20 heavy (non-hydrogen) atoms. The van der Waals surface area contributed by atoms with Gasteiger partial charge in [0.05, 0.1) is 0 Å². The van der Waals surface area contributed by atoms with Crippen molar-refractivity contribution in [2.75, 3.05) is 6.54 Å². The number of benzene rings is 2. The molecule has 0 spiro atoms. The predicted octanol–water partition coefficient (Wildman–Crippen LogP) is 4.21. The van der Waals surface area contributed by atoms with Crippen molar-refractivity contribution < 1.29 is 0 Å². The summed E-state index contributed by atoms with van der Waals surface area (Å²) in [6.07, 6.45) is 2.66. The Morgan fingerprint density at radius 1 is 0.900 bits per heavy atom. The van der Waals surface area contributed by atoms with Gasteiger partial charge in [-0.1, -0.05) is 67.6 Å². The number of nitrogens with one attached hydrogen (secondary N) is 1. The molecular formula is C19H23N. The van der Waals surface area contributed by atoms with Crippen molar-refractivity contribution in [1.82, 2.24) is 5.32 Å². The molecule has 1 saturated carbocycles. The van der Waals surface area contributed by atoms with E-state index in [2.05, 4.69) is 72.9 Å². The van der Waals surface area contributed by atoms with Crippen LogP contribution in [0.15, 0.2) is 60.7 Å². The summed E-state index contributed by atoms with van der Waals surface area (Å²) in [7, 11) is 0. The Balaban J connectivity index is 1.74. The third-order valence-corrected chi connectivity index (χ3v) is 4.39. The first-order valence-electron chi connectivity index (χ1n) is 7.66. The van der Waals surface area contributed by atoms with Crippen molar-refractivity contribution in [2.45, 2.75) is 31.7 Å². The quantitative estimate of drug-likeness (QED) is 0.854. The molecule has 1 aliphatic rings. The fourth-order valence-electron chi connectivity index (χ4n) is 3.15. The number of rotatable bonds is 5. The van der Waals surface area contributed by atoms with Crippen molar-refractivity contribution >= 4 is 0 Å². The summed E-state index contributed by atoms with van der Waals surface area (Å²) in [6, 6.07) is 22.4. The highest BCUT2D eigenvalue weighted by atomic mass is 14.9. The minimum Gasteiger partial charge on any atom is -0.313 e. The highest BCUT2D eigenvalue weighted by molar-refractivity contribution is 5.32. The van der Waals surface area contributed by atoms with E-state index in [1.807, 2.05) is 0 Å². The lowest BCUT2D eigenvalue weighted by molar-refractivity contribution is 0.240. The smallest absolute Gasteiger partial charge is 0.0214 e. The van der Waals surface area contributed by atoms with Gasteiger partial charge in [-0.3, -0.25) is 0 Å². The maximum absolute atomic E-state index is 3.75. The maximum Gasteiger partial charge on any atom is 0.0214 e. The molecule has 2 aromatic carbocycles. The fourth-order valence-corrected chi connectivity index (χ4v) is 3.15. The van der Waals surface area contributed by atoms with Crippen LogP contribution in [0.3, 0.4) is 0 Å². The lowest BCUT2D eigenvalue weighted by atomic mass is 9.81. The fraction of sp³-hybridized carbons (Fsp3) is 0.368. The third kappa shape index (κ3) is 3.10. The Kier molecular flexibility index (Phi) is 4.17. The lowest BCUT2D eigenvalue weighted by Gasteiger charge is -2.35. The monoisotopic (exact) mass is 265 g/mol. The molecule has 104 valence electrons. The molecule has 1 nitrogen and oxygen atoms in total. The first-order chi connectivity index (χ1) is 9.83. The van der Waals surface area contributed by atoms with Crippen LogP contribution in [0.1, 0.15) is 36.8 Å². The van der Waals surface area contributed by atoms with Gasteiger partial charge in [0, 0.05) is 18.5 Å². The lowest BCUT2D eigenvalue weighted by Crippen LogP contribution is -2.42. The molecule has 0 amide bonds. The molecule has 0 aliphatic heterocycles. The van der Waals surface area contributed by atoms with Gasteiger partial charge >= 0.3 is 0 Å². The molecule has 3 rings (SSSR count). The van der Waals surface area contributed by atoms with Crippen molar-refractivity contribution in [2.24, 2.45) is 5.92 Å². The SMILES string of the molecule is CC1CC(NCC(c2ccccc2)c2ccccc2)C1. The van der Waals surface area contributed by atoms with Gasteiger partial charge in [-0.15, -0.1) is 0 Å². The summed E-state index contributed by atoms with van der Waals surface area (Å²) in [5.41, 5.74) is 2.80. The Hall–Kier alpha value is -1.60. The van der Waals surface area contributed by atoms with Crippen LogP contribution in [0.25, 0.3) is 0 Å². The zero-order chi connectivity index (χ0) is 13.8. The first kappa shape index (κ1) is 13.4. The van der Waals surface area contributed by atoms with Crippen molar-refractivity contribution in [1.29, 1.82) is 0 Å². The van der Waals surface area contributed by atoms with E-state index in [0.717, 1.165) is 18.5 Å².